The van der Waals surface area contributed by atoms with E-state index in [1.54, 1.807) is 0 Å². The minimum atomic E-state index is 0.0123. The molecule has 1 unspecified atom stereocenters. The van der Waals surface area contributed by atoms with Gasteiger partial charge in [0, 0.05) is 38.6 Å². The van der Waals surface area contributed by atoms with Gasteiger partial charge < -0.3 is 20.4 Å². The number of carbonyl (C=O) groups excluding carboxylic acids is 2. The molecule has 2 aliphatic heterocycles. The average Bonchev–Trinajstić information content (AvgIpc) is 2.75. The first kappa shape index (κ1) is 14.1. The molecule has 0 spiro atoms. The van der Waals surface area contributed by atoms with Crippen LogP contribution in [0.3, 0.4) is 0 Å². The maximum Gasteiger partial charge on any atom is 0.317 e. The Kier molecular flexibility index (Phi) is 4.63. The van der Waals surface area contributed by atoms with Crippen molar-refractivity contribution in [2.45, 2.75) is 38.8 Å². The molecule has 0 bridgehead atoms. The Labute approximate surface area is 114 Å². The molecule has 0 radical (unpaired) electrons. The van der Waals surface area contributed by atoms with Gasteiger partial charge >= 0.3 is 6.03 Å². The molecular weight excluding hydrogens is 244 g/mol. The number of hydrogen-bond donors (Lipinski definition) is 2. The van der Waals surface area contributed by atoms with E-state index in [1.165, 1.54) is 0 Å². The van der Waals surface area contributed by atoms with Crippen LogP contribution in [0.25, 0.3) is 0 Å². The number of hydrogen-bond acceptors (Lipinski definition) is 3. The van der Waals surface area contributed by atoms with E-state index in [-0.39, 0.29) is 18.0 Å². The minimum Gasteiger partial charge on any atom is -0.339 e. The first-order chi connectivity index (χ1) is 9.08. The molecule has 0 aromatic rings. The van der Waals surface area contributed by atoms with Crippen molar-refractivity contribution in [3.63, 3.8) is 0 Å². The lowest BCUT2D eigenvalue weighted by molar-refractivity contribution is -0.133. The summed E-state index contributed by atoms with van der Waals surface area (Å²) >= 11 is 0. The van der Waals surface area contributed by atoms with Crippen LogP contribution in [0.4, 0.5) is 4.79 Å². The summed E-state index contributed by atoms with van der Waals surface area (Å²) in [6.45, 7) is 7.75. The zero-order valence-electron chi connectivity index (χ0n) is 11.8. The molecule has 108 valence electrons. The Morgan fingerprint density at radius 1 is 1.47 bits per heavy atom. The van der Waals surface area contributed by atoms with Crippen LogP contribution in [0.2, 0.25) is 0 Å². The first-order valence-electron chi connectivity index (χ1n) is 7.13. The van der Waals surface area contributed by atoms with Crippen molar-refractivity contribution in [2.24, 2.45) is 0 Å². The van der Waals surface area contributed by atoms with Gasteiger partial charge in [-0.25, -0.2) is 4.79 Å². The van der Waals surface area contributed by atoms with Crippen LogP contribution in [-0.2, 0) is 4.79 Å². The lowest BCUT2D eigenvalue weighted by atomic mass is 10.1. The van der Waals surface area contributed by atoms with Crippen LogP contribution in [0.15, 0.2) is 0 Å². The predicted octanol–water partition coefficient (Wildman–Crippen LogP) is 0.000600. The van der Waals surface area contributed by atoms with Crippen molar-refractivity contribution in [2.75, 3.05) is 32.7 Å². The maximum atomic E-state index is 12.1. The zero-order valence-corrected chi connectivity index (χ0v) is 11.8. The number of urea groups is 1. The van der Waals surface area contributed by atoms with Gasteiger partial charge in [-0.3, -0.25) is 4.79 Å². The molecule has 2 N–H and O–H groups in total. The summed E-state index contributed by atoms with van der Waals surface area (Å²) in [5.74, 6) is 0.213. The molecular formula is C13H24N4O2. The minimum absolute atomic E-state index is 0.0123. The van der Waals surface area contributed by atoms with E-state index in [1.807, 2.05) is 9.80 Å². The fourth-order valence-electron chi connectivity index (χ4n) is 2.62. The van der Waals surface area contributed by atoms with E-state index in [0.29, 0.717) is 38.6 Å². The Balaban J connectivity index is 1.71. The number of piperazine rings is 1. The van der Waals surface area contributed by atoms with Crippen molar-refractivity contribution < 1.29 is 9.59 Å². The van der Waals surface area contributed by atoms with Gasteiger partial charge in [-0.1, -0.05) is 13.8 Å². The number of nitrogens with one attached hydrogen (secondary N) is 2. The smallest absolute Gasteiger partial charge is 0.317 e. The second-order valence-corrected chi connectivity index (χ2v) is 5.59. The Morgan fingerprint density at radius 2 is 2.26 bits per heavy atom. The molecule has 3 amide bonds. The molecule has 2 fully saturated rings. The molecule has 2 saturated heterocycles. The highest BCUT2D eigenvalue weighted by molar-refractivity contribution is 5.79. The number of rotatable bonds is 5. The van der Waals surface area contributed by atoms with E-state index < -0.39 is 0 Å². The van der Waals surface area contributed by atoms with E-state index >= 15 is 0 Å². The first-order valence-corrected chi connectivity index (χ1v) is 7.13. The summed E-state index contributed by atoms with van der Waals surface area (Å²) in [7, 11) is 0. The van der Waals surface area contributed by atoms with Gasteiger partial charge in [-0.15, -0.1) is 0 Å². The van der Waals surface area contributed by atoms with E-state index in [2.05, 4.69) is 24.5 Å². The predicted molar refractivity (Wildman–Crippen MR) is 72.8 cm³/mol. The molecule has 6 heteroatoms. The Bertz CT molecular complexity index is 346. The summed E-state index contributed by atoms with van der Waals surface area (Å²) in [6.07, 6.45) is 1.47. The summed E-state index contributed by atoms with van der Waals surface area (Å²) < 4.78 is 0. The van der Waals surface area contributed by atoms with Crippen molar-refractivity contribution in [1.29, 1.82) is 0 Å². The number of nitrogens with zero attached hydrogens (tertiary/aromatic N) is 2. The van der Waals surface area contributed by atoms with Crippen LogP contribution in [0.1, 0.15) is 26.7 Å². The molecule has 0 aromatic carbocycles. The quantitative estimate of drug-likeness (QED) is 0.690. The summed E-state index contributed by atoms with van der Waals surface area (Å²) in [5.41, 5.74) is 0. The number of carbonyl (C=O) groups is 2. The van der Waals surface area contributed by atoms with Gasteiger partial charge in [0.1, 0.15) is 0 Å². The van der Waals surface area contributed by atoms with Gasteiger partial charge in [0.15, 0.2) is 0 Å². The molecule has 2 aliphatic rings. The third kappa shape index (κ3) is 3.59. The van der Waals surface area contributed by atoms with Crippen LogP contribution in [0.5, 0.6) is 0 Å². The highest BCUT2D eigenvalue weighted by Gasteiger charge is 2.36. The fourth-order valence-corrected chi connectivity index (χ4v) is 2.62. The van der Waals surface area contributed by atoms with E-state index in [0.717, 1.165) is 13.0 Å². The van der Waals surface area contributed by atoms with Gasteiger partial charge in [-0.2, -0.15) is 0 Å². The maximum absolute atomic E-state index is 12.1. The van der Waals surface area contributed by atoms with Gasteiger partial charge in [0.2, 0.25) is 5.91 Å². The third-order valence-electron chi connectivity index (χ3n) is 3.71. The van der Waals surface area contributed by atoms with Crippen LogP contribution in [0, 0.1) is 0 Å². The lowest BCUT2D eigenvalue weighted by Gasteiger charge is -2.36. The monoisotopic (exact) mass is 268 g/mol. The van der Waals surface area contributed by atoms with Crippen molar-refractivity contribution >= 4 is 11.9 Å². The molecule has 1 atom stereocenters. The van der Waals surface area contributed by atoms with Crippen molar-refractivity contribution in [1.82, 2.24) is 20.4 Å². The molecule has 0 saturated carbocycles. The summed E-state index contributed by atoms with van der Waals surface area (Å²) in [5, 5.41) is 6.14. The standard InChI is InChI=1S/C13H24N4O2/c1-10(2)14-5-3-4-12(18)16-6-7-17-11(9-16)8-15-13(17)19/h10-11,14H,3-9H2,1-2H3,(H,15,19). The van der Waals surface area contributed by atoms with Crippen LogP contribution < -0.4 is 10.6 Å². The Hall–Kier alpha value is -1.30. The van der Waals surface area contributed by atoms with Crippen molar-refractivity contribution in [3.8, 4) is 0 Å². The van der Waals surface area contributed by atoms with E-state index in [4.69, 9.17) is 0 Å². The molecule has 2 rings (SSSR count). The largest absolute Gasteiger partial charge is 0.339 e. The van der Waals surface area contributed by atoms with E-state index in [9.17, 15) is 9.59 Å². The number of fused-ring (bicyclic) bond motifs is 1. The van der Waals surface area contributed by atoms with Crippen LogP contribution in [-0.4, -0.2) is 66.5 Å². The molecule has 6 nitrogen and oxygen atoms in total. The second-order valence-electron chi connectivity index (χ2n) is 5.59. The topological polar surface area (TPSA) is 64.7 Å². The van der Waals surface area contributed by atoms with Gasteiger partial charge in [0.05, 0.1) is 6.04 Å². The molecule has 2 heterocycles. The van der Waals surface area contributed by atoms with Gasteiger partial charge in [-0.05, 0) is 13.0 Å². The summed E-state index contributed by atoms with van der Waals surface area (Å²) in [6, 6.07) is 0.645. The number of amides is 3. The fraction of sp³-hybridized carbons (Fsp3) is 0.846. The zero-order chi connectivity index (χ0) is 13.8. The molecule has 0 aromatic heterocycles. The normalized spacial score (nSPS) is 22.7. The average molecular weight is 268 g/mol. The second kappa shape index (κ2) is 6.23. The van der Waals surface area contributed by atoms with Gasteiger partial charge in [0.25, 0.3) is 0 Å². The highest BCUT2D eigenvalue weighted by Crippen LogP contribution is 2.15. The SMILES string of the molecule is CC(C)NCCCC(=O)N1CCN2C(=O)NCC2C1. The van der Waals surface area contributed by atoms with Crippen molar-refractivity contribution in [3.05, 3.63) is 0 Å². The Morgan fingerprint density at radius 3 is 3.00 bits per heavy atom. The molecule has 19 heavy (non-hydrogen) atoms. The highest BCUT2D eigenvalue weighted by atomic mass is 16.2. The molecule has 0 aliphatic carbocycles. The van der Waals surface area contributed by atoms with Crippen LogP contribution >= 0.6 is 0 Å². The third-order valence-corrected chi connectivity index (χ3v) is 3.71. The lowest BCUT2D eigenvalue weighted by Crippen LogP contribution is -2.53. The summed E-state index contributed by atoms with van der Waals surface area (Å²) in [4.78, 5) is 27.3.